The van der Waals surface area contributed by atoms with Crippen molar-refractivity contribution in [2.45, 2.75) is 71.3 Å². The van der Waals surface area contributed by atoms with Crippen molar-refractivity contribution in [1.82, 2.24) is 20.0 Å². The van der Waals surface area contributed by atoms with Crippen molar-refractivity contribution in [3.63, 3.8) is 0 Å². The van der Waals surface area contributed by atoms with Crippen LogP contribution in [0, 0.1) is 12.8 Å². The molecule has 2 aliphatic rings. The zero-order chi connectivity index (χ0) is 29.1. The fourth-order valence-corrected chi connectivity index (χ4v) is 5.48. The molecule has 0 radical (unpaired) electrons. The second-order valence-corrected chi connectivity index (χ2v) is 12.3. The second kappa shape index (κ2) is 11.8. The van der Waals surface area contributed by atoms with E-state index in [0.29, 0.717) is 37.7 Å². The topological polar surface area (TPSA) is 108 Å². The Hall–Kier alpha value is -4.14. The molecule has 2 fully saturated rings. The molecule has 0 unspecified atom stereocenters. The van der Waals surface area contributed by atoms with Gasteiger partial charge in [-0.2, -0.15) is 5.10 Å². The maximum atomic E-state index is 13.1. The number of nitrogens with zero attached hydrogens (tertiary/aromatic N) is 3. The van der Waals surface area contributed by atoms with Crippen molar-refractivity contribution in [2.24, 2.45) is 5.92 Å². The number of hydrogen-bond acceptors (Lipinski definition) is 4. The molecule has 0 spiro atoms. The van der Waals surface area contributed by atoms with Crippen molar-refractivity contribution in [1.29, 1.82) is 0 Å². The molecule has 0 saturated carbocycles. The molecule has 0 aliphatic carbocycles. The number of likely N-dealkylation sites (tertiary alicyclic amines) is 1. The number of carbonyl (C=O) groups is 3. The highest BCUT2D eigenvalue weighted by Gasteiger charge is 2.32. The summed E-state index contributed by atoms with van der Waals surface area (Å²) in [6.45, 7) is 9.75. The fourth-order valence-electron chi connectivity index (χ4n) is 5.48. The molecule has 1 atom stereocenters. The van der Waals surface area contributed by atoms with Crippen molar-refractivity contribution < 1.29 is 14.4 Å². The zero-order valence-electron chi connectivity index (χ0n) is 24.4. The standard InChI is InChI=1S/C32H40N6O3/c1-21-8-10-25(11-9-21)38-28(20-27(36-38)32(2,3)4)35-31(41)33-24-7-5-6-23(19-24)18-22-14-16-37(17-15-22)30(40)26-12-13-29(39)34-26/h5-11,19-20,22,26H,12-18H2,1-4H3,(H,34,39)(H2,33,35,41)/t26-/m0/s1. The Morgan fingerprint density at radius 3 is 2.39 bits per heavy atom. The summed E-state index contributed by atoms with van der Waals surface area (Å²) in [5.74, 6) is 1.07. The first kappa shape index (κ1) is 28.4. The molecule has 2 aromatic carbocycles. The first-order valence-corrected chi connectivity index (χ1v) is 14.5. The molecule has 1 aromatic heterocycles. The van der Waals surface area contributed by atoms with Gasteiger partial charge in [-0.1, -0.05) is 50.6 Å². The normalized spacial score (nSPS) is 17.8. The number of urea groups is 1. The van der Waals surface area contributed by atoms with Crippen LogP contribution in [-0.2, 0) is 21.4 Å². The smallest absolute Gasteiger partial charge is 0.324 e. The lowest BCUT2D eigenvalue weighted by atomic mass is 9.89. The van der Waals surface area contributed by atoms with Crippen LogP contribution in [0.3, 0.4) is 0 Å². The maximum Gasteiger partial charge on any atom is 0.324 e. The molecule has 3 heterocycles. The van der Waals surface area contributed by atoms with Crippen LogP contribution in [0.25, 0.3) is 5.69 Å². The van der Waals surface area contributed by atoms with Crippen LogP contribution < -0.4 is 16.0 Å². The second-order valence-electron chi connectivity index (χ2n) is 12.3. The number of amides is 4. The number of aryl methyl sites for hydroxylation is 1. The average Bonchev–Trinajstić information content (AvgIpc) is 3.56. The SMILES string of the molecule is Cc1ccc(-n2nc(C(C)(C)C)cc2NC(=O)Nc2cccc(CC3CCN(C(=O)[C@@H]4CCC(=O)N4)CC3)c2)cc1. The quantitative estimate of drug-likeness (QED) is 0.389. The van der Waals surface area contributed by atoms with Crippen LogP contribution in [-0.4, -0.2) is 51.7 Å². The van der Waals surface area contributed by atoms with Crippen LogP contribution in [0.4, 0.5) is 16.3 Å². The first-order valence-electron chi connectivity index (χ1n) is 14.5. The molecule has 41 heavy (non-hydrogen) atoms. The summed E-state index contributed by atoms with van der Waals surface area (Å²) in [6, 6.07) is 17.2. The maximum absolute atomic E-state index is 13.1. The Morgan fingerprint density at radius 1 is 1.00 bits per heavy atom. The fraction of sp³-hybridized carbons (Fsp3) is 0.438. The van der Waals surface area contributed by atoms with E-state index in [1.165, 1.54) is 0 Å². The Bertz CT molecular complexity index is 1410. The molecule has 2 saturated heterocycles. The van der Waals surface area contributed by atoms with Gasteiger partial charge in [0.2, 0.25) is 11.8 Å². The van der Waals surface area contributed by atoms with Crippen molar-refractivity contribution in [3.05, 3.63) is 71.4 Å². The van der Waals surface area contributed by atoms with Gasteiger partial charge in [0.05, 0.1) is 11.4 Å². The van der Waals surface area contributed by atoms with Crippen LogP contribution in [0.1, 0.15) is 63.3 Å². The van der Waals surface area contributed by atoms with E-state index in [2.05, 4.69) is 42.8 Å². The minimum atomic E-state index is -0.358. The molecule has 2 aliphatic heterocycles. The number of nitrogens with one attached hydrogen (secondary N) is 3. The van der Waals surface area contributed by atoms with Crippen LogP contribution >= 0.6 is 0 Å². The molecular weight excluding hydrogens is 516 g/mol. The lowest BCUT2D eigenvalue weighted by molar-refractivity contribution is -0.135. The van der Waals surface area contributed by atoms with Gasteiger partial charge < -0.3 is 15.5 Å². The van der Waals surface area contributed by atoms with Gasteiger partial charge in [-0.3, -0.25) is 14.9 Å². The van der Waals surface area contributed by atoms with Gasteiger partial charge in [0.1, 0.15) is 11.9 Å². The largest absolute Gasteiger partial charge is 0.344 e. The van der Waals surface area contributed by atoms with Gasteiger partial charge in [-0.25, -0.2) is 9.48 Å². The highest BCUT2D eigenvalue weighted by atomic mass is 16.2. The van der Waals surface area contributed by atoms with Crippen LogP contribution in [0.5, 0.6) is 0 Å². The number of anilines is 2. The molecule has 3 aromatic rings. The van der Waals surface area contributed by atoms with E-state index in [1.807, 2.05) is 60.4 Å². The molecule has 9 heteroatoms. The molecule has 216 valence electrons. The summed E-state index contributed by atoms with van der Waals surface area (Å²) in [7, 11) is 0. The Labute approximate surface area is 241 Å². The van der Waals surface area contributed by atoms with Gasteiger partial charge in [-0.05, 0) is 68.4 Å². The average molecular weight is 557 g/mol. The molecular formula is C32H40N6O3. The lowest BCUT2D eigenvalue weighted by Gasteiger charge is -2.33. The molecule has 9 nitrogen and oxygen atoms in total. The molecule has 5 rings (SSSR count). The van der Waals surface area contributed by atoms with Gasteiger partial charge in [0.25, 0.3) is 0 Å². The predicted molar refractivity (Wildman–Crippen MR) is 160 cm³/mol. The van der Waals surface area contributed by atoms with E-state index in [-0.39, 0.29) is 29.3 Å². The van der Waals surface area contributed by atoms with E-state index in [0.717, 1.165) is 47.5 Å². The van der Waals surface area contributed by atoms with Gasteiger partial charge in [-0.15, -0.1) is 0 Å². The highest BCUT2D eigenvalue weighted by molar-refractivity contribution is 5.99. The van der Waals surface area contributed by atoms with Gasteiger partial charge >= 0.3 is 6.03 Å². The number of piperidine rings is 1. The summed E-state index contributed by atoms with van der Waals surface area (Å²) in [4.78, 5) is 39.2. The van der Waals surface area contributed by atoms with Crippen molar-refractivity contribution in [2.75, 3.05) is 23.7 Å². The summed E-state index contributed by atoms with van der Waals surface area (Å²) in [6.07, 6.45) is 3.75. The van der Waals surface area contributed by atoms with E-state index in [4.69, 9.17) is 5.10 Å². The third-order valence-corrected chi connectivity index (χ3v) is 7.93. The van der Waals surface area contributed by atoms with Crippen LogP contribution in [0.15, 0.2) is 54.6 Å². The van der Waals surface area contributed by atoms with Crippen molar-refractivity contribution >= 4 is 29.4 Å². The highest BCUT2D eigenvalue weighted by Crippen LogP contribution is 2.27. The van der Waals surface area contributed by atoms with E-state index >= 15 is 0 Å². The number of hydrogen-bond donors (Lipinski definition) is 3. The number of rotatable bonds is 6. The number of carbonyl (C=O) groups excluding carboxylic acids is 3. The number of aromatic nitrogens is 2. The summed E-state index contributed by atoms with van der Waals surface area (Å²) in [5, 5.41) is 13.6. The van der Waals surface area contributed by atoms with E-state index < -0.39 is 0 Å². The summed E-state index contributed by atoms with van der Waals surface area (Å²) >= 11 is 0. The Morgan fingerprint density at radius 2 is 1.73 bits per heavy atom. The summed E-state index contributed by atoms with van der Waals surface area (Å²) in [5.41, 5.74) is 4.62. The predicted octanol–water partition coefficient (Wildman–Crippen LogP) is 5.18. The number of benzene rings is 2. The Kier molecular flexibility index (Phi) is 8.15. The van der Waals surface area contributed by atoms with E-state index in [9.17, 15) is 14.4 Å². The van der Waals surface area contributed by atoms with Gasteiger partial charge in [0.15, 0.2) is 0 Å². The monoisotopic (exact) mass is 556 g/mol. The van der Waals surface area contributed by atoms with E-state index in [1.54, 1.807) is 4.68 Å². The third-order valence-electron chi connectivity index (χ3n) is 7.93. The molecule has 4 amide bonds. The van der Waals surface area contributed by atoms with Gasteiger partial charge in [0, 0.05) is 36.7 Å². The molecule has 0 bridgehead atoms. The third kappa shape index (κ3) is 6.96. The molecule has 3 N–H and O–H groups in total. The lowest BCUT2D eigenvalue weighted by Crippen LogP contribution is -2.47. The minimum Gasteiger partial charge on any atom is -0.344 e. The summed E-state index contributed by atoms with van der Waals surface area (Å²) < 4.78 is 1.77. The van der Waals surface area contributed by atoms with Crippen LogP contribution in [0.2, 0.25) is 0 Å². The first-order chi connectivity index (χ1) is 19.5. The zero-order valence-corrected chi connectivity index (χ0v) is 24.4. The minimum absolute atomic E-state index is 0.0352. The Balaban J connectivity index is 1.19. The van der Waals surface area contributed by atoms with Crippen molar-refractivity contribution in [3.8, 4) is 5.69 Å².